The van der Waals surface area contributed by atoms with Crippen LogP contribution in [0.4, 0.5) is 0 Å². The molecular formula is C13H19NO. The lowest BCUT2D eigenvalue weighted by Crippen LogP contribution is -2.36. The first-order chi connectivity index (χ1) is 7.31. The van der Waals surface area contributed by atoms with Crippen LogP contribution in [-0.4, -0.2) is 24.8 Å². The van der Waals surface area contributed by atoms with Crippen molar-refractivity contribution in [1.82, 2.24) is 5.32 Å². The Kier molecular flexibility index (Phi) is 3.39. The van der Waals surface area contributed by atoms with Crippen LogP contribution in [0.5, 0.6) is 0 Å². The molecule has 1 aromatic carbocycles. The molecule has 2 atom stereocenters. The minimum atomic E-state index is 0.306. The number of nitrogens with one attached hydrogen (secondary N) is 1. The Balaban J connectivity index is 2.20. The molecule has 0 amide bonds. The highest BCUT2D eigenvalue weighted by Crippen LogP contribution is 2.29. The number of aryl methyl sites for hydroxylation is 1. The third-order valence-corrected chi connectivity index (χ3v) is 3.33. The van der Waals surface area contributed by atoms with Gasteiger partial charge in [0.25, 0.3) is 0 Å². The number of piperidine rings is 1. The summed E-state index contributed by atoms with van der Waals surface area (Å²) in [6.07, 6.45) is 1.08. The van der Waals surface area contributed by atoms with Gasteiger partial charge in [-0.3, -0.25) is 0 Å². The van der Waals surface area contributed by atoms with E-state index < -0.39 is 0 Å². The molecule has 0 radical (unpaired) electrons. The largest absolute Gasteiger partial charge is 0.396 e. The van der Waals surface area contributed by atoms with E-state index in [0.29, 0.717) is 18.4 Å². The molecular weight excluding hydrogens is 186 g/mol. The van der Waals surface area contributed by atoms with Crippen molar-refractivity contribution in [3.63, 3.8) is 0 Å². The van der Waals surface area contributed by atoms with Crippen molar-refractivity contribution < 1.29 is 5.11 Å². The average Bonchev–Trinajstić information content (AvgIpc) is 2.29. The van der Waals surface area contributed by atoms with Gasteiger partial charge in [-0.25, -0.2) is 0 Å². The number of aliphatic hydroxyl groups excluding tert-OH is 1. The van der Waals surface area contributed by atoms with Crippen LogP contribution in [0.2, 0.25) is 0 Å². The van der Waals surface area contributed by atoms with Gasteiger partial charge in [-0.05, 0) is 31.4 Å². The smallest absolute Gasteiger partial charge is 0.0466 e. The predicted molar refractivity (Wildman–Crippen MR) is 62.0 cm³/mol. The highest BCUT2D eigenvalue weighted by atomic mass is 16.3. The lowest BCUT2D eigenvalue weighted by molar-refractivity contribution is 0.176. The van der Waals surface area contributed by atoms with Crippen LogP contribution in [0.3, 0.4) is 0 Å². The molecule has 1 aliphatic heterocycles. The van der Waals surface area contributed by atoms with Gasteiger partial charge >= 0.3 is 0 Å². The fraction of sp³-hybridized carbons (Fsp3) is 0.538. The molecule has 2 nitrogen and oxygen atoms in total. The standard InChI is InChI=1S/C13H19NO/c1-10-3-2-4-11(7-10)13-8-14-6-5-12(13)9-15/h2-4,7,12-15H,5-6,8-9H2,1H3. The predicted octanol–water partition coefficient (Wildman–Crippen LogP) is 1.68. The van der Waals surface area contributed by atoms with E-state index in [1.54, 1.807) is 0 Å². The zero-order chi connectivity index (χ0) is 10.7. The Bertz CT molecular complexity index is 324. The van der Waals surface area contributed by atoms with E-state index in [1.807, 2.05) is 0 Å². The fourth-order valence-electron chi connectivity index (χ4n) is 2.42. The molecule has 2 unspecified atom stereocenters. The molecule has 0 bridgehead atoms. The molecule has 2 N–H and O–H groups in total. The van der Waals surface area contributed by atoms with E-state index in [4.69, 9.17) is 0 Å². The molecule has 82 valence electrons. The van der Waals surface area contributed by atoms with Crippen molar-refractivity contribution in [3.8, 4) is 0 Å². The molecule has 0 spiro atoms. The topological polar surface area (TPSA) is 32.3 Å². The zero-order valence-electron chi connectivity index (χ0n) is 9.24. The summed E-state index contributed by atoms with van der Waals surface area (Å²) in [7, 11) is 0. The summed E-state index contributed by atoms with van der Waals surface area (Å²) < 4.78 is 0. The van der Waals surface area contributed by atoms with Gasteiger partial charge in [0.15, 0.2) is 0 Å². The maximum Gasteiger partial charge on any atom is 0.0466 e. The van der Waals surface area contributed by atoms with Crippen LogP contribution < -0.4 is 5.32 Å². The van der Waals surface area contributed by atoms with Crippen molar-refractivity contribution in [2.45, 2.75) is 19.3 Å². The number of rotatable bonds is 2. The molecule has 1 heterocycles. The molecule has 0 aliphatic carbocycles. The minimum Gasteiger partial charge on any atom is -0.396 e. The summed E-state index contributed by atoms with van der Waals surface area (Å²) in [5.41, 5.74) is 2.66. The highest BCUT2D eigenvalue weighted by Gasteiger charge is 2.25. The van der Waals surface area contributed by atoms with Crippen molar-refractivity contribution in [2.24, 2.45) is 5.92 Å². The number of benzene rings is 1. The molecule has 2 heteroatoms. The van der Waals surface area contributed by atoms with E-state index in [9.17, 15) is 5.11 Å². The Labute approximate surface area is 91.3 Å². The summed E-state index contributed by atoms with van der Waals surface area (Å²) >= 11 is 0. The molecule has 2 rings (SSSR count). The van der Waals surface area contributed by atoms with Gasteiger partial charge in [-0.15, -0.1) is 0 Å². The first kappa shape index (κ1) is 10.7. The second kappa shape index (κ2) is 4.77. The quantitative estimate of drug-likeness (QED) is 0.770. The van der Waals surface area contributed by atoms with Crippen LogP contribution in [-0.2, 0) is 0 Å². The molecule has 1 fully saturated rings. The first-order valence-corrected chi connectivity index (χ1v) is 5.69. The lowest BCUT2D eigenvalue weighted by atomic mass is 9.81. The van der Waals surface area contributed by atoms with Crippen molar-refractivity contribution in [1.29, 1.82) is 0 Å². The monoisotopic (exact) mass is 205 g/mol. The molecule has 15 heavy (non-hydrogen) atoms. The fourth-order valence-corrected chi connectivity index (χ4v) is 2.42. The maximum atomic E-state index is 9.36. The van der Waals surface area contributed by atoms with Gasteiger partial charge in [0.1, 0.15) is 0 Å². The highest BCUT2D eigenvalue weighted by molar-refractivity contribution is 5.26. The summed E-state index contributed by atoms with van der Waals surface area (Å²) in [6, 6.07) is 8.63. The van der Waals surface area contributed by atoms with Crippen LogP contribution >= 0.6 is 0 Å². The average molecular weight is 205 g/mol. The SMILES string of the molecule is Cc1cccc(C2CNCCC2CO)c1. The molecule has 1 aromatic rings. The van der Waals surface area contributed by atoms with Crippen LogP contribution in [0.15, 0.2) is 24.3 Å². The Morgan fingerprint density at radius 3 is 3.07 bits per heavy atom. The Morgan fingerprint density at radius 2 is 2.33 bits per heavy atom. The normalized spacial score (nSPS) is 26.5. The second-order valence-electron chi connectivity index (χ2n) is 4.46. The van der Waals surface area contributed by atoms with E-state index in [2.05, 4.69) is 36.5 Å². The molecule has 1 aliphatic rings. The maximum absolute atomic E-state index is 9.36. The lowest BCUT2D eigenvalue weighted by Gasteiger charge is -2.31. The van der Waals surface area contributed by atoms with Gasteiger partial charge in [-0.1, -0.05) is 29.8 Å². The summed E-state index contributed by atoms with van der Waals surface area (Å²) in [5, 5.41) is 12.8. The number of aliphatic hydroxyl groups is 1. The van der Waals surface area contributed by atoms with Gasteiger partial charge in [0, 0.05) is 19.1 Å². The van der Waals surface area contributed by atoms with Crippen molar-refractivity contribution >= 4 is 0 Å². The van der Waals surface area contributed by atoms with Gasteiger partial charge in [0.05, 0.1) is 0 Å². The first-order valence-electron chi connectivity index (χ1n) is 5.69. The van der Waals surface area contributed by atoms with Gasteiger partial charge < -0.3 is 10.4 Å². The summed E-state index contributed by atoms with van der Waals surface area (Å²) in [6.45, 7) is 4.45. The van der Waals surface area contributed by atoms with Crippen molar-refractivity contribution in [3.05, 3.63) is 35.4 Å². The molecule has 0 saturated carbocycles. The van der Waals surface area contributed by atoms with E-state index >= 15 is 0 Å². The third kappa shape index (κ3) is 2.39. The zero-order valence-corrected chi connectivity index (χ0v) is 9.24. The number of hydrogen-bond donors (Lipinski definition) is 2. The van der Waals surface area contributed by atoms with E-state index in [-0.39, 0.29) is 0 Å². The Morgan fingerprint density at radius 1 is 1.47 bits per heavy atom. The second-order valence-corrected chi connectivity index (χ2v) is 4.46. The molecule has 1 saturated heterocycles. The van der Waals surface area contributed by atoms with Crippen LogP contribution in [0.25, 0.3) is 0 Å². The third-order valence-electron chi connectivity index (χ3n) is 3.33. The van der Waals surface area contributed by atoms with E-state index in [0.717, 1.165) is 19.5 Å². The van der Waals surface area contributed by atoms with Gasteiger partial charge in [0.2, 0.25) is 0 Å². The summed E-state index contributed by atoms with van der Waals surface area (Å²) in [5.74, 6) is 0.900. The minimum absolute atomic E-state index is 0.306. The summed E-state index contributed by atoms with van der Waals surface area (Å²) in [4.78, 5) is 0. The number of hydrogen-bond acceptors (Lipinski definition) is 2. The van der Waals surface area contributed by atoms with E-state index in [1.165, 1.54) is 11.1 Å². The van der Waals surface area contributed by atoms with Crippen LogP contribution in [0, 0.1) is 12.8 Å². The molecule has 0 aromatic heterocycles. The Hall–Kier alpha value is -0.860. The van der Waals surface area contributed by atoms with Gasteiger partial charge in [-0.2, -0.15) is 0 Å². The van der Waals surface area contributed by atoms with Crippen LogP contribution in [0.1, 0.15) is 23.5 Å². The van der Waals surface area contributed by atoms with Crippen molar-refractivity contribution in [2.75, 3.05) is 19.7 Å².